The number of nitrogens with one attached hydrogen (secondary N) is 1. The van der Waals surface area contributed by atoms with Gasteiger partial charge in [-0.3, -0.25) is 4.79 Å². The zero-order valence-corrected chi connectivity index (χ0v) is 16.3. The minimum Gasteiger partial charge on any atom is -0.378 e. The Morgan fingerprint density at radius 1 is 1.46 bits per heavy atom. The zero-order valence-electron chi connectivity index (χ0n) is 14.6. The summed E-state index contributed by atoms with van der Waals surface area (Å²) in [5.41, 5.74) is 1.64. The number of hydrogen-bond donors (Lipinski definition) is 1. The third-order valence-electron chi connectivity index (χ3n) is 5.14. The van der Waals surface area contributed by atoms with Crippen molar-refractivity contribution in [2.45, 2.75) is 58.2 Å². The summed E-state index contributed by atoms with van der Waals surface area (Å²) in [4.78, 5) is 14.9. The first kappa shape index (κ1) is 19.7. The molecule has 0 radical (unpaired) electrons. The molecular weight excluding hydrogens is 344 g/mol. The van der Waals surface area contributed by atoms with Crippen LogP contribution >= 0.6 is 23.7 Å². The van der Waals surface area contributed by atoms with Gasteiger partial charge in [0, 0.05) is 12.6 Å². The second-order valence-corrected chi connectivity index (χ2v) is 7.94. The number of carbonyl (C=O) groups is 1. The Bertz CT molecular complexity index is 515. The number of halogens is 1. The lowest BCUT2D eigenvalue weighted by Crippen LogP contribution is -2.39. The topological polar surface area (TPSA) is 41.6 Å². The molecule has 1 amide bonds. The van der Waals surface area contributed by atoms with Gasteiger partial charge >= 0.3 is 0 Å². The van der Waals surface area contributed by atoms with E-state index < -0.39 is 0 Å². The molecule has 2 heterocycles. The first-order valence-electron chi connectivity index (χ1n) is 8.74. The highest BCUT2D eigenvalue weighted by molar-refractivity contribution is 7.07. The molecule has 1 aromatic rings. The Balaban J connectivity index is 0.00000208. The van der Waals surface area contributed by atoms with E-state index in [1.165, 1.54) is 24.8 Å². The van der Waals surface area contributed by atoms with Crippen LogP contribution in [0.3, 0.4) is 0 Å². The Labute approximate surface area is 155 Å². The molecule has 4 nitrogen and oxygen atoms in total. The Kier molecular flexibility index (Phi) is 7.10. The summed E-state index contributed by atoms with van der Waals surface area (Å²) >= 11 is 1.70. The fraction of sp³-hybridized carbons (Fsp3) is 0.722. The Morgan fingerprint density at radius 2 is 2.21 bits per heavy atom. The van der Waals surface area contributed by atoms with E-state index in [4.69, 9.17) is 4.74 Å². The van der Waals surface area contributed by atoms with E-state index in [1.54, 1.807) is 11.3 Å². The van der Waals surface area contributed by atoms with Crippen LogP contribution in [0.1, 0.15) is 45.1 Å². The molecule has 2 aliphatic rings. The normalized spacial score (nSPS) is 21.5. The molecule has 1 aromatic heterocycles. The molecule has 3 rings (SSSR count). The summed E-state index contributed by atoms with van der Waals surface area (Å²) in [6.07, 6.45) is 4.26. The zero-order chi connectivity index (χ0) is 16.3. The van der Waals surface area contributed by atoms with Crippen LogP contribution in [-0.4, -0.2) is 42.6 Å². The molecule has 1 saturated carbocycles. The highest BCUT2D eigenvalue weighted by Crippen LogP contribution is 2.56. The predicted molar refractivity (Wildman–Crippen MR) is 101 cm³/mol. The molecule has 6 heteroatoms. The van der Waals surface area contributed by atoms with E-state index in [1.807, 2.05) is 13.8 Å². The summed E-state index contributed by atoms with van der Waals surface area (Å²) in [6.45, 7) is 7.49. The van der Waals surface area contributed by atoms with Crippen LogP contribution in [0.4, 0.5) is 0 Å². The lowest BCUT2D eigenvalue weighted by atomic mass is 9.93. The van der Waals surface area contributed by atoms with E-state index in [0.717, 1.165) is 19.6 Å². The van der Waals surface area contributed by atoms with Crippen molar-refractivity contribution in [1.82, 2.24) is 10.2 Å². The maximum absolute atomic E-state index is 12.8. The van der Waals surface area contributed by atoms with Crippen LogP contribution in [0, 0.1) is 5.41 Å². The molecule has 24 heavy (non-hydrogen) atoms. The van der Waals surface area contributed by atoms with Gasteiger partial charge < -0.3 is 15.0 Å². The second-order valence-electron chi connectivity index (χ2n) is 7.16. The van der Waals surface area contributed by atoms with Gasteiger partial charge in [-0.05, 0) is 74.0 Å². The van der Waals surface area contributed by atoms with Crippen molar-refractivity contribution in [3.05, 3.63) is 22.4 Å². The number of amides is 1. The van der Waals surface area contributed by atoms with Crippen molar-refractivity contribution < 1.29 is 9.53 Å². The van der Waals surface area contributed by atoms with Gasteiger partial charge in [-0.25, -0.2) is 0 Å². The maximum atomic E-state index is 12.8. The standard InChI is InChI=1S/C18H28N2O2S.ClH/c1-14(2)22-9-3-17(21)20(12-15-4-10-23-13-15)16-11-18(16)5-7-19-8-6-18;/h4,10,13-14,16,19H,3,5-9,11-12H2,1-2H3;1H. The molecule has 2 fully saturated rings. The minimum atomic E-state index is 0. The number of nitrogens with zero attached hydrogens (tertiary/aromatic N) is 1. The van der Waals surface area contributed by atoms with Gasteiger partial charge in [0.1, 0.15) is 0 Å². The monoisotopic (exact) mass is 372 g/mol. The first-order chi connectivity index (χ1) is 11.1. The first-order valence-corrected chi connectivity index (χ1v) is 9.68. The Morgan fingerprint density at radius 3 is 2.83 bits per heavy atom. The number of piperidine rings is 1. The van der Waals surface area contributed by atoms with Crippen molar-refractivity contribution >= 4 is 29.7 Å². The van der Waals surface area contributed by atoms with Crippen molar-refractivity contribution in [1.29, 1.82) is 0 Å². The van der Waals surface area contributed by atoms with Crippen LogP contribution in [0.5, 0.6) is 0 Å². The SMILES string of the molecule is CC(C)OCCC(=O)N(Cc1ccsc1)C1CC12CCNCC2.Cl. The van der Waals surface area contributed by atoms with Crippen LogP contribution in [0.2, 0.25) is 0 Å². The average Bonchev–Trinajstić information content (AvgIpc) is 2.97. The molecule has 1 spiro atoms. The highest BCUT2D eigenvalue weighted by atomic mass is 35.5. The van der Waals surface area contributed by atoms with Gasteiger partial charge in [-0.15, -0.1) is 12.4 Å². The summed E-state index contributed by atoms with van der Waals surface area (Å²) in [7, 11) is 0. The van der Waals surface area contributed by atoms with Crippen molar-refractivity contribution in [2.24, 2.45) is 5.41 Å². The molecule has 1 atom stereocenters. The largest absolute Gasteiger partial charge is 0.378 e. The van der Waals surface area contributed by atoms with Gasteiger partial charge in [0.15, 0.2) is 0 Å². The number of thiophene rings is 1. The Hall–Kier alpha value is -0.620. The van der Waals surface area contributed by atoms with Gasteiger partial charge in [0.2, 0.25) is 5.91 Å². The number of hydrogen-bond acceptors (Lipinski definition) is 4. The van der Waals surface area contributed by atoms with Crippen molar-refractivity contribution in [3.63, 3.8) is 0 Å². The highest BCUT2D eigenvalue weighted by Gasteiger charge is 2.57. The molecule has 1 N–H and O–H groups in total. The van der Waals surface area contributed by atoms with E-state index in [9.17, 15) is 4.79 Å². The summed E-state index contributed by atoms with van der Waals surface area (Å²) < 4.78 is 5.58. The van der Waals surface area contributed by atoms with Crippen molar-refractivity contribution in [3.8, 4) is 0 Å². The predicted octanol–water partition coefficient (Wildman–Crippen LogP) is 3.46. The van der Waals surface area contributed by atoms with Gasteiger partial charge in [0.05, 0.1) is 19.1 Å². The van der Waals surface area contributed by atoms with Gasteiger partial charge in [-0.1, -0.05) is 0 Å². The number of rotatable bonds is 7. The van der Waals surface area contributed by atoms with Crippen LogP contribution in [0.15, 0.2) is 16.8 Å². The molecule has 136 valence electrons. The molecule has 1 aliphatic heterocycles. The smallest absolute Gasteiger partial charge is 0.225 e. The van der Waals surface area contributed by atoms with Crippen LogP contribution in [-0.2, 0) is 16.1 Å². The van der Waals surface area contributed by atoms with E-state index in [-0.39, 0.29) is 24.4 Å². The maximum Gasteiger partial charge on any atom is 0.225 e. The van der Waals surface area contributed by atoms with Crippen LogP contribution < -0.4 is 5.32 Å². The minimum absolute atomic E-state index is 0. The van der Waals surface area contributed by atoms with E-state index in [2.05, 4.69) is 27.0 Å². The number of ether oxygens (including phenoxy) is 1. The second kappa shape index (κ2) is 8.65. The van der Waals surface area contributed by atoms with Gasteiger partial charge in [-0.2, -0.15) is 11.3 Å². The van der Waals surface area contributed by atoms with E-state index >= 15 is 0 Å². The number of carbonyl (C=O) groups excluding carboxylic acids is 1. The summed E-state index contributed by atoms with van der Waals surface area (Å²) in [5.74, 6) is 0.247. The molecule has 1 aliphatic carbocycles. The summed E-state index contributed by atoms with van der Waals surface area (Å²) in [6, 6.07) is 2.56. The molecule has 0 aromatic carbocycles. The van der Waals surface area contributed by atoms with Gasteiger partial charge in [0.25, 0.3) is 0 Å². The molecule has 1 unspecified atom stereocenters. The van der Waals surface area contributed by atoms with Crippen molar-refractivity contribution in [2.75, 3.05) is 19.7 Å². The average molecular weight is 373 g/mol. The molecule has 1 saturated heterocycles. The lowest BCUT2D eigenvalue weighted by Gasteiger charge is -2.29. The molecular formula is C18H29ClN2O2S. The third kappa shape index (κ3) is 4.72. The fourth-order valence-corrected chi connectivity index (χ4v) is 4.37. The lowest BCUT2D eigenvalue weighted by molar-refractivity contribution is -0.134. The summed E-state index contributed by atoms with van der Waals surface area (Å²) in [5, 5.41) is 7.69. The quantitative estimate of drug-likeness (QED) is 0.796. The molecule has 0 bridgehead atoms. The van der Waals surface area contributed by atoms with E-state index in [0.29, 0.717) is 24.5 Å². The third-order valence-corrected chi connectivity index (χ3v) is 5.87. The van der Waals surface area contributed by atoms with Crippen LogP contribution in [0.25, 0.3) is 0 Å². The fourth-order valence-electron chi connectivity index (χ4n) is 3.71.